The van der Waals surface area contributed by atoms with E-state index in [9.17, 15) is 0 Å². The summed E-state index contributed by atoms with van der Waals surface area (Å²) >= 11 is 5.61. The first kappa shape index (κ1) is 14.0. The van der Waals surface area contributed by atoms with Crippen LogP contribution < -0.4 is 5.32 Å². The van der Waals surface area contributed by atoms with E-state index in [0.29, 0.717) is 12.1 Å². The highest BCUT2D eigenvalue weighted by molar-refractivity contribution is 6.25. The summed E-state index contributed by atoms with van der Waals surface area (Å²) in [5.41, 5.74) is 1.63. The maximum Gasteiger partial charge on any atom is 0.0222 e. The highest BCUT2D eigenvalue weighted by Gasteiger charge is 2.25. The van der Waals surface area contributed by atoms with Gasteiger partial charge >= 0.3 is 0 Å². The van der Waals surface area contributed by atoms with Crippen LogP contribution in [0.3, 0.4) is 0 Å². The molecule has 1 N–H and O–H groups in total. The first-order valence-corrected chi connectivity index (χ1v) is 6.83. The van der Waals surface area contributed by atoms with Crippen molar-refractivity contribution in [3.63, 3.8) is 0 Å². The number of rotatable bonds is 5. The van der Waals surface area contributed by atoms with Crippen LogP contribution in [0.2, 0.25) is 0 Å². The van der Waals surface area contributed by atoms with E-state index < -0.39 is 0 Å². The van der Waals surface area contributed by atoms with Gasteiger partial charge in [0.05, 0.1) is 0 Å². The molecule has 0 saturated carbocycles. The molecule has 94 valence electrons. The number of hydrogen-bond donors (Lipinski definition) is 1. The molecule has 0 amide bonds. The fourth-order valence-corrected chi connectivity index (χ4v) is 2.54. The van der Waals surface area contributed by atoms with Crippen LogP contribution in [-0.4, -0.2) is 36.6 Å². The molecule has 2 nitrogen and oxygen atoms in total. The van der Waals surface area contributed by atoms with Gasteiger partial charge in [-0.25, -0.2) is 0 Å². The zero-order chi connectivity index (χ0) is 12.0. The fourth-order valence-electron chi connectivity index (χ4n) is 2.46. The predicted octanol–water partition coefficient (Wildman–Crippen LogP) is 2.84. The van der Waals surface area contributed by atoms with Gasteiger partial charge in [-0.1, -0.05) is 38.4 Å². The van der Waals surface area contributed by atoms with Gasteiger partial charge in [0, 0.05) is 37.3 Å². The van der Waals surface area contributed by atoms with Gasteiger partial charge in [-0.15, -0.1) is 0 Å². The van der Waals surface area contributed by atoms with Gasteiger partial charge in [-0.3, -0.25) is 4.90 Å². The highest BCUT2D eigenvalue weighted by atomic mass is 35.5. The zero-order valence-corrected chi connectivity index (χ0v) is 11.5. The van der Waals surface area contributed by atoms with Crippen molar-refractivity contribution in [3.05, 3.63) is 11.6 Å². The summed E-state index contributed by atoms with van der Waals surface area (Å²) in [5.74, 6) is 0.765. The first-order valence-electron chi connectivity index (χ1n) is 6.40. The molecular weight excluding hydrogens is 220 g/mol. The van der Waals surface area contributed by atoms with Crippen molar-refractivity contribution in [1.82, 2.24) is 10.2 Å². The van der Waals surface area contributed by atoms with Gasteiger partial charge in [0.1, 0.15) is 0 Å². The monoisotopic (exact) mass is 244 g/mol. The standard InChI is InChI=1S/C13H25ClN2/c1-4-13-9-15-12(8-11(2)3)10-16(13)7-5-6-14/h5-6,11-13,15H,4,7-10H2,1-3H3/b6-5+. The molecule has 1 fully saturated rings. The Bertz CT molecular complexity index is 216. The van der Waals surface area contributed by atoms with Crippen LogP contribution in [0, 0.1) is 5.92 Å². The molecule has 0 radical (unpaired) electrons. The third kappa shape index (κ3) is 4.44. The molecule has 2 unspecified atom stereocenters. The van der Waals surface area contributed by atoms with E-state index in [1.165, 1.54) is 12.8 Å². The Morgan fingerprint density at radius 1 is 1.50 bits per heavy atom. The highest BCUT2D eigenvalue weighted by Crippen LogP contribution is 2.15. The second-order valence-corrected chi connectivity index (χ2v) is 5.36. The van der Waals surface area contributed by atoms with Crippen molar-refractivity contribution in [1.29, 1.82) is 0 Å². The summed E-state index contributed by atoms with van der Waals surface area (Å²) in [6.07, 6.45) is 4.51. The number of halogens is 1. The Hall–Kier alpha value is -0.0500. The lowest BCUT2D eigenvalue weighted by molar-refractivity contribution is 0.132. The van der Waals surface area contributed by atoms with Gasteiger partial charge in [-0.05, 0) is 18.8 Å². The van der Waals surface area contributed by atoms with E-state index in [4.69, 9.17) is 11.6 Å². The molecule has 0 bridgehead atoms. The molecule has 2 atom stereocenters. The Balaban J connectivity index is 2.47. The van der Waals surface area contributed by atoms with Crippen LogP contribution in [0.25, 0.3) is 0 Å². The molecule has 0 aromatic rings. The van der Waals surface area contributed by atoms with Crippen LogP contribution >= 0.6 is 11.6 Å². The Morgan fingerprint density at radius 3 is 2.81 bits per heavy atom. The van der Waals surface area contributed by atoms with E-state index in [-0.39, 0.29) is 0 Å². The normalized spacial score (nSPS) is 28.1. The van der Waals surface area contributed by atoms with Gasteiger partial charge < -0.3 is 5.32 Å². The third-order valence-corrected chi connectivity index (χ3v) is 3.45. The summed E-state index contributed by atoms with van der Waals surface area (Å²) in [6.45, 7) is 10.1. The van der Waals surface area contributed by atoms with Crippen LogP contribution in [-0.2, 0) is 0 Å². The quantitative estimate of drug-likeness (QED) is 0.800. The van der Waals surface area contributed by atoms with Crippen LogP contribution in [0.1, 0.15) is 33.6 Å². The minimum absolute atomic E-state index is 0.645. The van der Waals surface area contributed by atoms with Crippen molar-refractivity contribution in [2.24, 2.45) is 5.92 Å². The molecule has 0 aromatic heterocycles. The molecule has 0 aliphatic carbocycles. The minimum atomic E-state index is 0.645. The van der Waals surface area contributed by atoms with Gasteiger partial charge in [0.2, 0.25) is 0 Å². The molecular formula is C13H25ClN2. The molecule has 1 heterocycles. The largest absolute Gasteiger partial charge is 0.311 e. The minimum Gasteiger partial charge on any atom is -0.311 e. The smallest absolute Gasteiger partial charge is 0.0222 e. The number of hydrogen-bond acceptors (Lipinski definition) is 2. The fraction of sp³-hybridized carbons (Fsp3) is 0.846. The molecule has 0 aromatic carbocycles. The van der Waals surface area contributed by atoms with Crippen LogP contribution in [0.5, 0.6) is 0 Å². The summed E-state index contributed by atoms with van der Waals surface area (Å²) in [6, 6.07) is 1.31. The summed E-state index contributed by atoms with van der Waals surface area (Å²) in [7, 11) is 0. The Kier molecular flexibility index (Phi) is 6.40. The maximum atomic E-state index is 5.61. The topological polar surface area (TPSA) is 15.3 Å². The number of piperazine rings is 1. The molecule has 0 spiro atoms. The van der Waals surface area contributed by atoms with E-state index in [1.807, 2.05) is 6.08 Å². The van der Waals surface area contributed by atoms with E-state index >= 15 is 0 Å². The third-order valence-electron chi connectivity index (χ3n) is 3.27. The van der Waals surface area contributed by atoms with E-state index in [2.05, 4.69) is 31.0 Å². The summed E-state index contributed by atoms with van der Waals surface area (Å²) < 4.78 is 0. The molecule has 1 aliphatic heterocycles. The van der Waals surface area contributed by atoms with E-state index in [1.54, 1.807) is 5.54 Å². The first-order chi connectivity index (χ1) is 7.67. The molecule has 16 heavy (non-hydrogen) atoms. The van der Waals surface area contributed by atoms with Crippen molar-refractivity contribution in [3.8, 4) is 0 Å². The van der Waals surface area contributed by atoms with Gasteiger partial charge in [0.25, 0.3) is 0 Å². The maximum absolute atomic E-state index is 5.61. The summed E-state index contributed by atoms with van der Waals surface area (Å²) in [4.78, 5) is 2.54. The number of nitrogens with zero attached hydrogens (tertiary/aromatic N) is 1. The van der Waals surface area contributed by atoms with Crippen LogP contribution in [0.15, 0.2) is 11.6 Å². The van der Waals surface area contributed by atoms with Gasteiger partial charge in [-0.2, -0.15) is 0 Å². The van der Waals surface area contributed by atoms with Crippen LogP contribution in [0.4, 0.5) is 0 Å². The lowest BCUT2D eigenvalue weighted by Crippen LogP contribution is -2.56. The van der Waals surface area contributed by atoms with E-state index in [0.717, 1.165) is 25.6 Å². The molecule has 1 saturated heterocycles. The molecule has 3 heteroatoms. The second-order valence-electron chi connectivity index (χ2n) is 5.11. The lowest BCUT2D eigenvalue weighted by Gasteiger charge is -2.40. The second kappa shape index (κ2) is 7.31. The van der Waals surface area contributed by atoms with Crippen molar-refractivity contribution < 1.29 is 0 Å². The summed E-state index contributed by atoms with van der Waals surface area (Å²) in [5, 5.41) is 3.66. The Labute approximate surface area is 105 Å². The zero-order valence-electron chi connectivity index (χ0n) is 10.7. The van der Waals surface area contributed by atoms with Crippen molar-refractivity contribution >= 4 is 11.6 Å². The lowest BCUT2D eigenvalue weighted by atomic mass is 9.99. The van der Waals surface area contributed by atoms with Crippen molar-refractivity contribution in [2.75, 3.05) is 19.6 Å². The molecule has 1 aliphatic rings. The Morgan fingerprint density at radius 2 is 2.25 bits per heavy atom. The number of nitrogens with one attached hydrogen (secondary N) is 1. The average Bonchev–Trinajstić information content (AvgIpc) is 2.25. The van der Waals surface area contributed by atoms with Gasteiger partial charge in [0.15, 0.2) is 0 Å². The SMILES string of the molecule is CCC1CNC(CC(C)C)CN1C/C=C/Cl. The van der Waals surface area contributed by atoms with Crippen molar-refractivity contribution in [2.45, 2.75) is 45.7 Å². The average molecular weight is 245 g/mol. The predicted molar refractivity (Wildman–Crippen MR) is 71.9 cm³/mol. The molecule has 1 rings (SSSR count).